The van der Waals surface area contributed by atoms with Gasteiger partial charge in [0, 0.05) is 37.5 Å². The lowest BCUT2D eigenvalue weighted by molar-refractivity contribution is -0.122. The third-order valence-electron chi connectivity index (χ3n) is 6.14. The summed E-state index contributed by atoms with van der Waals surface area (Å²) in [5.41, 5.74) is 1.69. The lowest BCUT2D eigenvalue weighted by Crippen LogP contribution is -2.44. The summed E-state index contributed by atoms with van der Waals surface area (Å²) in [4.78, 5) is 24.4. The zero-order chi connectivity index (χ0) is 23.3. The van der Waals surface area contributed by atoms with E-state index in [1.54, 1.807) is 12.1 Å². The Morgan fingerprint density at radius 2 is 2.15 bits per heavy atom. The molecule has 0 bridgehead atoms. The molecule has 0 spiro atoms. The van der Waals surface area contributed by atoms with Crippen molar-refractivity contribution in [3.63, 3.8) is 0 Å². The van der Waals surface area contributed by atoms with Gasteiger partial charge in [-0.15, -0.1) is 5.10 Å². The van der Waals surface area contributed by atoms with E-state index in [4.69, 9.17) is 4.74 Å². The van der Waals surface area contributed by atoms with E-state index in [1.165, 1.54) is 13.2 Å². The third-order valence-corrected chi connectivity index (χ3v) is 6.14. The molecule has 3 aromatic rings. The van der Waals surface area contributed by atoms with Crippen LogP contribution in [-0.2, 0) is 22.6 Å². The highest BCUT2D eigenvalue weighted by Gasteiger charge is 2.38. The lowest BCUT2D eigenvalue weighted by atomic mass is 9.84. The summed E-state index contributed by atoms with van der Waals surface area (Å²) < 4.78 is 21.4. The van der Waals surface area contributed by atoms with E-state index in [1.807, 2.05) is 28.9 Å². The first-order valence-corrected chi connectivity index (χ1v) is 11.2. The van der Waals surface area contributed by atoms with Gasteiger partial charge >= 0.3 is 0 Å². The molecule has 1 aromatic heterocycles. The fourth-order valence-corrected chi connectivity index (χ4v) is 4.33. The quantitative estimate of drug-likeness (QED) is 0.460. The maximum absolute atomic E-state index is 14.5. The molecule has 1 atom stereocenters. The summed E-state index contributed by atoms with van der Waals surface area (Å²) in [5, 5.41) is 14.2. The van der Waals surface area contributed by atoms with Crippen molar-refractivity contribution in [2.75, 3.05) is 13.7 Å². The maximum atomic E-state index is 14.5. The van der Waals surface area contributed by atoms with Crippen LogP contribution in [0.1, 0.15) is 37.7 Å². The second-order valence-electron chi connectivity index (χ2n) is 8.47. The van der Waals surface area contributed by atoms with Crippen molar-refractivity contribution >= 4 is 22.8 Å². The van der Waals surface area contributed by atoms with Crippen LogP contribution in [0.3, 0.4) is 0 Å². The molecule has 2 amide bonds. The maximum Gasteiger partial charge on any atom is 0.220 e. The van der Waals surface area contributed by atoms with E-state index in [9.17, 15) is 14.0 Å². The van der Waals surface area contributed by atoms with Crippen LogP contribution in [0.25, 0.3) is 11.0 Å². The summed E-state index contributed by atoms with van der Waals surface area (Å²) in [6.07, 6.45) is 2.71. The monoisotopic (exact) mass is 453 g/mol. The average Bonchev–Trinajstić information content (AvgIpc) is 3.40. The Morgan fingerprint density at radius 3 is 2.91 bits per heavy atom. The van der Waals surface area contributed by atoms with Gasteiger partial charge in [0.05, 0.1) is 12.6 Å². The van der Waals surface area contributed by atoms with Crippen molar-refractivity contribution in [2.45, 2.75) is 50.6 Å². The molecule has 1 fully saturated rings. The highest BCUT2D eigenvalue weighted by molar-refractivity contribution is 5.80. The van der Waals surface area contributed by atoms with Crippen molar-refractivity contribution in [3.8, 4) is 5.75 Å². The molecule has 0 aliphatic carbocycles. The molecule has 0 saturated carbocycles. The minimum atomic E-state index is -0.622. The number of ether oxygens (including phenoxy) is 1. The van der Waals surface area contributed by atoms with Crippen molar-refractivity contribution in [1.82, 2.24) is 25.6 Å². The smallest absolute Gasteiger partial charge is 0.220 e. The molecule has 174 valence electrons. The molecule has 9 heteroatoms. The van der Waals surface area contributed by atoms with Gasteiger partial charge in [-0.25, -0.2) is 9.07 Å². The fraction of sp³-hybridized carbons (Fsp3) is 0.417. The summed E-state index contributed by atoms with van der Waals surface area (Å²) in [7, 11) is 1.49. The van der Waals surface area contributed by atoms with E-state index in [0.717, 1.165) is 17.5 Å². The van der Waals surface area contributed by atoms with Crippen molar-refractivity contribution in [1.29, 1.82) is 0 Å². The highest BCUT2D eigenvalue weighted by Crippen LogP contribution is 2.31. The second-order valence-corrected chi connectivity index (χ2v) is 8.47. The number of methoxy groups -OCH3 is 1. The number of halogens is 1. The summed E-state index contributed by atoms with van der Waals surface area (Å²) >= 11 is 0. The number of hydrogen-bond acceptors (Lipinski definition) is 5. The number of nitrogens with zero attached hydrogens (tertiary/aromatic N) is 3. The molecular formula is C24H28FN5O3. The van der Waals surface area contributed by atoms with Crippen LogP contribution in [0.15, 0.2) is 42.5 Å². The SMILES string of the molecule is COc1ccc(C[C@@]2(CCC(=O)NCCCn3nnc4ccccc43)CCC(=O)N2)c(F)c1. The molecule has 4 rings (SSSR count). The van der Waals surface area contributed by atoms with Crippen molar-refractivity contribution < 1.29 is 18.7 Å². The fourth-order valence-electron chi connectivity index (χ4n) is 4.33. The standard InChI is InChI=1S/C24H28FN5O3/c1-33-18-8-7-17(19(25)15-18)16-24(12-10-23(32)27-24)11-9-22(31)26-13-4-14-30-21-6-3-2-5-20(21)28-29-30/h2-3,5-8,15H,4,9-14,16H2,1H3,(H,26,31)(H,27,32)/t24-/m1/s1. The Bertz CT molecular complexity index is 1150. The molecule has 2 N–H and O–H groups in total. The van der Waals surface area contributed by atoms with Crippen molar-refractivity contribution in [2.24, 2.45) is 0 Å². The molecule has 1 aliphatic heterocycles. The van der Waals surface area contributed by atoms with E-state index >= 15 is 0 Å². The van der Waals surface area contributed by atoms with Crippen LogP contribution in [0.5, 0.6) is 5.75 Å². The van der Waals surface area contributed by atoms with E-state index in [0.29, 0.717) is 50.1 Å². The van der Waals surface area contributed by atoms with Gasteiger partial charge in [0.1, 0.15) is 17.1 Å². The number of amides is 2. The lowest BCUT2D eigenvalue weighted by Gasteiger charge is -2.29. The number of benzene rings is 2. The highest BCUT2D eigenvalue weighted by atomic mass is 19.1. The van der Waals surface area contributed by atoms with Crippen molar-refractivity contribution in [3.05, 3.63) is 53.8 Å². The average molecular weight is 454 g/mol. The van der Waals surface area contributed by atoms with Gasteiger partial charge in [0.2, 0.25) is 11.8 Å². The minimum Gasteiger partial charge on any atom is -0.497 e. The Hall–Kier alpha value is -3.49. The molecule has 8 nitrogen and oxygen atoms in total. The predicted molar refractivity (Wildman–Crippen MR) is 121 cm³/mol. The molecular weight excluding hydrogens is 425 g/mol. The molecule has 0 radical (unpaired) electrons. The minimum absolute atomic E-state index is 0.0654. The number of hydrogen-bond donors (Lipinski definition) is 2. The topological polar surface area (TPSA) is 98.1 Å². The van der Waals surface area contributed by atoms with Crippen LogP contribution in [-0.4, -0.2) is 46.0 Å². The molecule has 2 heterocycles. The van der Waals surface area contributed by atoms with Crippen LogP contribution in [0.2, 0.25) is 0 Å². The number of carbonyl (C=O) groups is 2. The zero-order valence-electron chi connectivity index (χ0n) is 18.6. The number of para-hydroxylation sites is 1. The second kappa shape index (κ2) is 9.97. The Morgan fingerprint density at radius 1 is 1.30 bits per heavy atom. The largest absolute Gasteiger partial charge is 0.497 e. The zero-order valence-corrected chi connectivity index (χ0v) is 18.6. The summed E-state index contributed by atoms with van der Waals surface area (Å²) in [6.45, 7) is 1.16. The summed E-state index contributed by atoms with van der Waals surface area (Å²) in [5.74, 6) is -0.0856. The Kier molecular flexibility index (Phi) is 6.86. The third kappa shape index (κ3) is 5.47. The number of nitrogens with one attached hydrogen (secondary N) is 2. The number of aromatic nitrogens is 3. The number of carbonyl (C=O) groups excluding carboxylic acids is 2. The normalized spacial score (nSPS) is 17.8. The molecule has 1 aliphatic rings. The van der Waals surface area contributed by atoms with Crippen LogP contribution in [0, 0.1) is 5.82 Å². The molecule has 1 saturated heterocycles. The van der Waals surface area contributed by atoms with Crippen LogP contribution >= 0.6 is 0 Å². The Balaban J connectivity index is 1.28. The predicted octanol–water partition coefficient (Wildman–Crippen LogP) is 2.76. The van der Waals surface area contributed by atoms with Gasteiger partial charge in [-0.05, 0) is 49.4 Å². The first kappa shape index (κ1) is 22.7. The van der Waals surface area contributed by atoms with Gasteiger partial charge in [-0.1, -0.05) is 23.4 Å². The van der Waals surface area contributed by atoms with Gasteiger partial charge in [-0.3, -0.25) is 9.59 Å². The summed E-state index contributed by atoms with van der Waals surface area (Å²) in [6, 6.07) is 12.5. The molecule has 33 heavy (non-hydrogen) atoms. The van der Waals surface area contributed by atoms with Gasteiger partial charge in [-0.2, -0.15) is 0 Å². The first-order valence-electron chi connectivity index (χ1n) is 11.2. The van der Waals surface area contributed by atoms with Gasteiger partial charge in [0.25, 0.3) is 0 Å². The first-order chi connectivity index (χ1) is 16.0. The molecule has 2 aromatic carbocycles. The van der Waals surface area contributed by atoms with Gasteiger partial charge in [0.15, 0.2) is 0 Å². The van der Waals surface area contributed by atoms with E-state index in [-0.39, 0.29) is 24.1 Å². The number of aryl methyl sites for hydroxylation is 1. The Labute approximate surface area is 191 Å². The van der Waals surface area contributed by atoms with Crippen LogP contribution < -0.4 is 15.4 Å². The van der Waals surface area contributed by atoms with E-state index < -0.39 is 5.54 Å². The van der Waals surface area contributed by atoms with Gasteiger partial charge < -0.3 is 15.4 Å². The molecule has 0 unspecified atom stereocenters. The van der Waals surface area contributed by atoms with Crippen LogP contribution in [0.4, 0.5) is 4.39 Å². The number of fused-ring (bicyclic) bond motifs is 1. The number of rotatable bonds is 10. The van der Waals surface area contributed by atoms with E-state index in [2.05, 4.69) is 20.9 Å².